The fraction of sp³-hybridized carbons (Fsp3) is 0.929. The van der Waals surface area contributed by atoms with E-state index in [1.54, 1.807) is 0 Å². The summed E-state index contributed by atoms with van der Waals surface area (Å²) in [5.41, 5.74) is 6.12. The second-order valence-corrected chi connectivity index (χ2v) is 6.27. The average Bonchev–Trinajstić information content (AvgIpc) is 3.02. The number of amides is 1. The lowest BCUT2D eigenvalue weighted by Gasteiger charge is -2.30. The molecule has 3 fully saturated rings. The predicted octanol–water partition coefficient (Wildman–Crippen LogP) is 0.876. The number of carbonyl (C=O) groups excluding carboxylic acids is 1. The summed E-state index contributed by atoms with van der Waals surface area (Å²) < 4.78 is 0. The highest BCUT2D eigenvalue weighted by Gasteiger charge is 2.43. The van der Waals surface area contributed by atoms with Crippen molar-refractivity contribution in [3.05, 3.63) is 0 Å². The van der Waals surface area contributed by atoms with Crippen molar-refractivity contribution in [2.75, 3.05) is 6.54 Å². The van der Waals surface area contributed by atoms with Crippen molar-refractivity contribution in [1.29, 1.82) is 0 Å². The van der Waals surface area contributed by atoms with Gasteiger partial charge in [0.2, 0.25) is 5.91 Å². The normalized spacial score (nSPS) is 41.1. The average molecular weight is 252 g/mol. The van der Waals surface area contributed by atoms with Gasteiger partial charge in [-0.2, -0.15) is 0 Å². The molecule has 2 saturated carbocycles. The Kier molecular flexibility index (Phi) is 3.32. The fourth-order valence-corrected chi connectivity index (χ4v) is 4.27. The molecule has 4 nitrogen and oxygen atoms in total. The highest BCUT2D eigenvalue weighted by molar-refractivity contribution is 5.82. The number of aliphatic hydroxyl groups is 1. The van der Waals surface area contributed by atoms with Crippen LogP contribution < -0.4 is 5.73 Å². The van der Waals surface area contributed by atoms with Gasteiger partial charge in [-0.3, -0.25) is 4.79 Å². The van der Waals surface area contributed by atoms with E-state index in [1.165, 1.54) is 12.8 Å². The topological polar surface area (TPSA) is 66.6 Å². The van der Waals surface area contributed by atoms with E-state index >= 15 is 0 Å². The fourth-order valence-electron chi connectivity index (χ4n) is 4.27. The van der Waals surface area contributed by atoms with Gasteiger partial charge in [-0.1, -0.05) is 12.8 Å². The molecule has 18 heavy (non-hydrogen) atoms. The molecule has 3 N–H and O–H groups in total. The first-order valence-corrected chi connectivity index (χ1v) is 7.42. The molecule has 3 aliphatic rings. The van der Waals surface area contributed by atoms with E-state index in [0.717, 1.165) is 44.6 Å². The van der Waals surface area contributed by atoms with Crippen LogP contribution in [0, 0.1) is 11.8 Å². The van der Waals surface area contributed by atoms with Crippen LogP contribution in [0.2, 0.25) is 0 Å². The molecule has 4 heteroatoms. The van der Waals surface area contributed by atoms with Crippen LogP contribution >= 0.6 is 0 Å². The quantitative estimate of drug-likeness (QED) is 0.766. The number of likely N-dealkylation sites (tertiary alicyclic amines) is 1. The summed E-state index contributed by atoms with van der Waals surface area (Å²) in [7, 11) is 0. The molecule has 0 aromatic carbocycles. The first-order chi connectivity index (χ1) is 8.68. The number of nitrogens with two attached hydrogens (primary N) is 1. The standard InChI is InChI=1S/C14H24N2O2/c15-13(10-4-2-6-12(10)17)14(18)16-8-7-9-3-1-5-11(9)16/h9-13,17H,1-8,15H2/t9?,10-,11-,12-,13?/m1/s1. The SMILES string of the molecule is NC(C(=O)N1CCC2CCC[C@H]21)[C@@H]1CCC[C@H]1O. The van der Waals surface area contributed by atoms with Crippen molar-refractivity contribution in [3.63, 3.8) is 0 Å². The maximum atomic E-state index is 12.5. The molecule has 0 bridgehead atoms. The summed E-state index contributed by atoms with van der Waals surface area (Å²) >= 11 is 0. The predicted molar refractivity (Wildman–Crippen MR) is 68.8 cm³/mol. The molecule has 0 radical (unpaired) electrons. The Morgan fingerprint density at radius 3 is 2.67 bits per heavy atom. The number of nitrogens with zero attached hydrogens (tertiary/aromatic N) is 1. The summed E-state index contributed by atoms with van der Waals surface area (Å²) in [6, 6.07) is -0.0380. The minimum absolute atomic E-state index is 0.0158. The van der Waals surface area contributed by atoms with E-state index < -0.39 is 6.04 Å². The maximum Gasteiger partial charge on any atom is 0.240 e. The summed E-state index contributed by atoms with van der Waals surface area (Å²) in [6.45, 7) is 0.880. The Morgan fingerprint density at radius 1 is 1.17 bits per heavy atom. The maximum absolute atomic E-state index is 12.5. The molecule has 0 aromatic rings. The van der Waals surface area contributed by atoms with Gasteiger partial charge in [-0.05, 0) is 38.0 Å². The molecule has 0 spiro atoms. The van der Waals surface area contributed by atoms with E-state index in [2.05, 4.69) is 0 Å². The Morgan fingerprint density at radius 2 is 1.94 bits per heavy atom. The zero-order chi connectivity index (χ0) is 12.7. The molecule has 2 unspecified atom stereocenters. The van der Waals surface area contributed by atoms with Gasteiger partial charge in [0.05, 0.1) is 12.1 Å². The molecular formula is C14H24N2O2. The molecule has 2 aliphatic carbocycles. The molecule has 5 atom stereocenters. The van der Waals surface area contributed by atoms with Gasteiger partial charge in [0.15, 0.2) is 0 Å². The van der Waals surface area contributed by atoms with Crippen LogP contribution in [-0.4, -0.2) is 40.6 Å². The number of fused-ring (bicyclic) bond motifs is 1. The van der Waals surface area contributed by atoms with Gasteiger partial charge < -0.3 is 15.7 Å². The van der Waals surface area contributed by atoms with E-state index in [-0.39, 0.29) is 17.9 Å². The summed E-state index contributed by atoms with van der Waals surface area (Å²) in [5, 5.41) is 9.89. The van der Waals surface area contributed by atoms with Crippen LogP contribution in [0.1, 0.15) is 44.9 Å². The molecule has 1 heterocycles. The highest BCUT2D eigenvalue weighted by atomic mass is 16.3. The monoisotopic (exact) mass is 252 g/mol. The lowest BCUT2D eigenvalue weighted by molar-refractivity contribution is -0.135. The van der Waals surface area contributed by atoms with Crippen LogP contribution in [0.25, 0.3) is 0 Å². The third-order valence-corrected chi connectivity index (χ3v) is 5.32. The van der Waals surface area contributed by atoms with Gasteiger partial charge in [-0.15, -0.1) is 0 Å². The minimum Gasteiger partial charge on any atom is -0.393 e. The van der Waals surface area contributed by atoms with E-state index in [4.69, 9.17) is 5.73 Å². The summed E-state index contributed by atoms with van der Waals surface area (Å²) in [5.74, 6) is 0.794. The van der Waals surface area contributed by atoms with Gasteiger partial charge >= 0.3 is 0 Å². The van der Waals surface area contributed by atoms with Crippen molar-refractivity contribution >= 4 is 5.91 Å². The van der Waals surface area contributed by atoms with Gasteiger partial charge in [0.1, 0.15) is 0 Å². The first kappa shape index (κ1) is 12.4. The zero-order valence-corrected chi connectivity index (χ0v) is 10.9. The molecule has 102 valence electrons. The third kappa shape index (κ3) is 1.95. The van der Waals surface area contributed by atoms with Crippen molar-refractivity contribution in [2.45, 2.75) is 63.1 Å². The van der Waals surface area contributed by atoms with E-state index in [0.29, 0.717) is 6.04 Å². The molecule has 3 rings (SSSR count). The number of rotatable bonds is 2. The van der Waals surface area contributed by atoms with Crippen molar-refractivity contribution < 1.29 is 9.90 Å². The molecule has 1 aliphatic heterocycles. The van der Waals surface area contributed by atoms with Crippen LogP contribution in [0.5, 0.6) is 0 Å². The van der Waals surface area contributed by atoms with E-state index in [1.807, 2.05) is 4.90 Å². The Hall–Kier alpha value is -0.610. The number of carbonyl (C=O) groups is 1. The molecular weight excluding hydrogens is 228 g/mol. The van der Waals surface area contributed by atoms with Crippen LogP contribution in [0.3, 0.4) is 0 Å². The molecule has 0 aromatic heterocycles. The number of hydrogen-bond acceptors (Lipinski definition) is 3. The molecule has 1 saturated heterocycles. The zero-order valence-electron chi connectivity index (χ0n) is 10.9. The number of hydrogen-bond donors (Lipinski definition) is 2. The largest absolute Gasteiger partial charge is 0.393 e. The highest BCUT2D eigenvalue weighted by Crippen LogP contribution is 2.38. The lowest BCUT2D eigenvalue weighted by atomic mass is 9.95. The van der Waals surface area contributed by atoms with Gasteiger partial charge in [-0.25, -0.2) is 0 Å². The van der Waals surface area contributed by atoms with Crippen molar-refractivity contribution in [2.24, 2.45) is 17.6 Å². The molecule has 1 amide bonds. The Labute approximate surface area is 109 Å². The van der Waals surface area contributed by atoms with Crippen molar-refractivity contribution in [3.8, 4) is 0 Å². The Bertz CT molecular complexity index is 334. The van der Waals surface area contributed by atoms with Gasteiger partial charge in [0, 0.05) is 18.5 Å². The van der Waals surface area contributed by atoms with Crippen LogP contribution in [0.15, 0.2) is 0 Å². The van der Waals surface area contributed by atoms with Crippen LogP contribution in [-0.2, 0) is 4.79 Å². The van der Waals surface area contributed by atoms with Gasteiger partial charge in [0.25, 0.3) is 0 Å². The summed E-state index contributed by atoms with van der Waals surface area (Å²) in [4.78, 5) is 14.5. The third-order valence-electron chi connectivity index (χ3n) is 5.32. The summed E-state index contributed by atoms with van der Waals surface area (Å²) in [6.07, 6.45) is 7.15. The Balaban J connectivity index is 1.67. The van der Waals surface area contributed by atoms with Crippen LogP contribution in [0.4, 0.5) is 0 Å². The minimum atomic E-state index is -0.484. The lowest BCUT2D eigenvalue weighted by Crippen LogP contribution is -2.51. The first-order valence-electron chi connectivity index (χ1n) is 7.42. The van der Waals surface area contributed by atoms with Crippen molar-refractivity contribution in [1.82, 2.24) is 4.90 Å². The second-order valence-electron chi connectivity index (χ2n) is 6.27. The smallest absolute Gasteiger partial charge is 0.240 e. The van der Waals surface area contributed by atoms with E-state index in [9.17, 15) is 9.90 Å². The second kappa shape index (κ2) is 4.82. The number of aliphatic hydroxyl groups excluding tert-OH is 1.